The van der Waals surface area contributed by atoms with Gasteiger partial charge in [-0.15, -0.1) is 0 Å². The highest BCUT2D eigenvalue weighted by molar-refractivity contribution is 5.95. The van der Waals surface area contributed by atoms with E-state index in [-0.39, 0.29) is 5.97 Å². The predicted octanol–water partition coefficient (Wildman–Crippen LogP) is 5.15. The molecule has 0 saturated heterocycles. The van der Waals surface area contributed by atoms with Crippen LogP contribution in [0, 0.1) is 0 Å². The van der Waals surface area contributed by atoms with E-state index in [0.717, 1.165) is 0 Å². The number of rotatable bonds is 3. The number of hydrogen-bond donors (Lipinski definition) is 1. The number of benzene rings is 1. The molecule has 0 radical (unpaired) electrons. The van der Waals surface area contributed by atoms with Gasteiger partial charge in [-0.25, -0.2) is 4.79 Å². The monoisotopic (exact) mass is 315 g/mol. The summed E-state index contributed by atoms with van der Waals surface area (Å²) in [6.07, 6.45) is 12.9. The lowest BCUT2D eigenvalue weighted by Crippen LogP contribution is -2.15. The molecule has 3 rings (SSSR count). The van der Waals surface area contributed by atoms with E-state index >= 15 is 0 Å². The van der Waals surface area contributed by atoms with Crippen molar-refractivity contribution in [2.45, 2.75) is 76.0 Å². The van der Waals surface area contributed by atoms with Crippen LogP contribution in [0.4, 0.5) is 5.69 Å². The molecule has 3 nitrogen and oxygen atoms in total. The quantitative estimate of drug-likeness (QED) is 0.620. The Morgan fingerprint density at radius 1 is 0.913 bits per heavy atom. The van der Waals surface area contributed by atoms with E-state index < -0.39 is 0 Å². The molecule has 0 heterocycles. The molecule has 2 aliphatic rings. The number of methoxy groups -OCH3 is 1. The molecule has 0 aromatic heterocycles. The van der Waals surface area contributed by atoms with Crippen LogP contribution in [0.15, 0.2) is 12.1 Å². The van der Waals surface area contributed by atoms with Crippen LogP contribution in [-0.2, 0) is 4.74 Å². The van der Waals surface area contributed by atoms with Crippen molar-refractivity contribution in [3.8, 4) is 0 Å². The first-order chi connectivity index (χ1) is 11.2. The molecule has 0 aliphatic heterocycles. The van der Waals surface area contributed by atoms with Gasteiger partial charge >= 0.3 is 5.97 Å². The maximum atomic E-state index is 12.1. The molecule has 0 amide bonds. The zero-order chi connectivity index (χ0) is 16.2. The summed E-state index contributed by atoms with van der Waals surface area (Å²) in [5.41, 5.74) is 10.1. The SMILES string of the molecule is COC(=O)c1cc(C2CCCCC2)c(C2CCCCC2)cc1N. The topological polar surface area (TPSA) is 52.3 Å². The minimum Gasteiger partial charge on any atom is -0.465 e. The number of nitrogens with two attached hydrogens (primary N) is 1. The van der Waals surface area contributed by atoms with Crippen LogP contribution in [-0.4, -0.2) is 13.1 Å². The van der Waals surface area contributed by atoms with E-state index in [1.807, 2.05) is 0 Å². The summed E-state index contributed by atoms with van der Waals surface area (Å²) in [7, 11) is 1.43. The van der Waals surface area contributed by atoms with Gasteiger partial charge in [0.2, 0.25) is 0 Å². The Morgan fingerprint density at radius 2 is 1.39 bits per heavy atom. The second-order valence-electron chi connectivity index (χ2n) is 7.23. The number of anilines is 1. The molecule has 3 heteroatoms. The molecule has 1 aromatic rings. The summed E-state index contributed by atoms with van der Waals surface area (Å²) < 4.78 is 4.93. The van der Waals surface area contributed by atoms with Crippen molar-refractivity contribution in [1.82, 2.24) is 0 Å². The Hall–Kier alpha value is -1.51. The number of carbonyl (C=O) groups is 1. The molecule has 0 atom stereocenters. The first kappa shape index (κ1) is 16.4. The summed E-state index contributed by atoms with van der Waals surface area (Å²) in [5.74, 6) is 0.897. The van der Waals surface area contributed by atoms with E-state index in [1.165, 1.54) is 82.4 Å². The Kier molecular flexibility index (Phi) is 5.24. The second-order valence-corrected chi connectivity index (χ2v) is 7.23. The molecular formula is C20H29NO2. The van der Waals surface area contributed by atoms with Gasteiger partial charge in [-0.2, -0.15) is 0 Å². The van der Waals surface area contributed by atoms with Crippen molar-refractivity contribution in [2.75, 3.05) is 12.8 Å². The Labute approximate surface area is 139 Å². The van der Waals surface area contributed by atoms with Gasteiger partial charge in [0.05, 0.1) is 12.7 Å². The zero-order valence-corrected chi connectivity index (χ0v) is 14.3. The van der Waals surface area contributed by atoms with Gasteiger partial charge in [-0.05, 0) is 60.8 Å². The smallest absolute Gasteiger partial charge is 0.339 e. The van der Waals surface area contributed by atoms with Crippen molar-refractivity contribution in [3.05, 3.63) is 28.8 Å². The van der Waals surface area contributed by atoms with Gasteiger partial charge in [0.15, 0.2) is 0 Å². The average Bonchev–Trinajstić information content (AvgIpc) is 2.62. The van der Waals surface area contributed by atoms with E-state index in [0.29, 0.717) is 23.1 Å². The highest BCUT2D eigenvalue weighted by Gasteiger charge is 2.26. The minimum absolute atomic E-state index is 0.310. The van der Waals surface area contributed by atoms with Crippen LogP contribution in [0.25, 0.3) is 0 Å². The minimum atomic E-state index is -0.310. The first-order valence-corrected chi connectivity index (χ1v) is 9.22. The van der Waals surface area contributed by atoms with Gasteiger partial charge in [0, 0.05) is 5.69 Å². The van der Waals surface area contributed by atoms with E-state index in [2.05, 4.69) is 12.1 Å². The summed E-state index contributed by atoms with van der Waals surface area (Å²) in [6, 6.07) is 4.15. The standard InChI is InChI=1S/C20H29NO2/c1-23-20(22)18-12-16(14-8-4-2-5-9-14)17(13-19(18)21)15-10-6-3-7-11-15/h12-15H,2-11,21H2,1H3. The largest absolute Gasteiger partial charge is 0.465 e. The average molecular weight is 315 g/mol. The third-order valence-electron chi connectivity index (χ3n) is 5.75. The van der Waals surface area contributed by atoms with E-state index in [9.17, 15) is 4.79 Å². The Bertz CT molecular complexity index is 555. The van der Waals surface area contributed by atoms with Gasteiger partial charge in [0.25, 0.3) is 0 Å². The van der Waals surface area contributed by atoms with Gasteiger partial charge < -0.3 is 10.5 Å². The highest BCUT2D eigenvalue weighted by atomic mass is 16.5. The molecule has 0 bridgehead atoms. The molecule has 2 saturated carbocycles. The second kappa shape index (κ2) is 7.37. The third-order valence-corrected chi connectivity index (χ3v) is 5.75. The van der Waals surface area contributed by atoms with Crippen LogP contribution in [0.3, 0.4) is 0 Å². The van der Waals surface area contributed by atoms with E-state index in [1.54, 1.807) is 0 Å². The predicted molar refractivity (Wildman–Crippen MR) is 93.8 cm³/mol. The summed E-state index contributed by atoms with van der Waals surface area (Å²) in [5, 5.41) is 0. The molecular weight excluding hydrogens is 286 g/mol. The summed E-state index contributed by atoms with van der Waals surface area (Å²) >= 11 is 0. The molecule has 2 fully saturated rings. The van der Waals surface area contributed by atoms with E-state index in [4.69, 9.17) is 10.5 Å². The molecule has 23 heavy (non-hydrogen) atoms. The third kappa shape index (κ3) is 3.54. The van der Waals surface area contributed by atoms with Crippen molar-refractivity contribution >= 4 is 11.7 Å². The fraction of sp³-hybridized carbons (Fsp3) is 0.650. The fourth-order valence-electron chi connectivity index (χ4n) is 4.47. The van der Waals surface area contributed by atoms with Crippen molar-refractivity contribution in [2.24, 2.45) is 0 Å². The normalized spacial score (nSPS) is 20.4. The molecule has 2 N–H and O–H groups in total. The lowest BCUT2D eigenvalue weighted by atomic mass is 9.75. The Balaban J connectivity index is 2.01. The van der Waals surface area contributed by atoms with Crippen molar-refractivity contribution in [1.29, 1.82) is 0 Å². The summed E-state index contributed by atoms with van der Waals surface area (Å²) in [6.45, 7) is 0. The van der Waals surface area contributed by atoms with Crippen LogP contribution >= 0.6 is 0 Å². The maximum Gasteiger partial charge on any atom is 0.339 e. The molecule has 0 unspecified atom stereocenters. The first-order valence-electron chi connectivity index (χ1n) is 9.22. The van der Waals surface area contributed by atoms with Gasteiger partial charge in [0.1, 0.15) is 0 Å². The number of nitrogen functional groups attached to an aromatic ring is 1. The zero-order valence-electron chi connectivity index (χ0n) is 14.3. The van der Waals surface area contributed by atoms with Gasteiger partial charge in [-0.1, -0.05) is 38.5 Å². The fourth-order valence-corrected chi connectivity index (χ4v) is 4.47. The molecule has 126 valence electrons. The van der Waals surface area contributed by atoms with Crippen molar-refractivity contribution < 1.29 is 9.53 Å². The lowest BCUT2D eigenvalue weighted by Gasteiger charge is -2.30. The number of hydrogen-bond acceptors (Lipinski definition) is 3. The summed E-state index contributed by atoms with van der Waals surface area (Å²) in [4.78, 5) is 12.1. The molecule has 2 aliphatic carbocycles. The molecule has 1 aromatic carbocycles. The number of carbonyl (C=O) groups excluding carboxylic acids is 1. The van der Waals surface area contributed by atoms with Crippen LogP contribution in [0.2, 0.25) is 0 Å². The van der Waals surface area contributed by atoms with Crippen molar-refractivity contribution in [3.63, 3.8) is 0 Å². The number of esters is 1. The van der Waals surface area contributed by atoms with Crippen LogP contribution < -0.4 is 5.73 Å². The highest BCUT2D eigenvalue weighted by Crippen LogP contribution is 2.42. The van der Waals surface area contributed by atoms with Crippen LogP contribution in [0.5, 0.6) is 0 Å². The Morgan fingerprint density at radius 3 is 1.87 bits per heavy atom. The van der Waals surface area contributed by atoms with Gasteiger partial charge in [-0.3, -0.25) is 0 Å². The molecule has 0 spiro atoms. The van der Waals surface area contributed by atoms with Crippen LogP contribution in [0.1, 0.15) is 97.5 Å². The number of ether oxygens (including phenoxy) is 1. The maximum absolute atomic E-state index is 12.1. The lowest BCUT2D eigenvalue weighted by molar-refractivity contribution is 0.0601.